The zero-order valence-corrected chi connectivity index (χ0v) is 26.5. The molecule has 42 heavy (non-hydrogen) atoms. The number of hydrogen-bond donors (Lipinski definition) is 0. The van der Waals surface area contributed by atoms with Gasteiger partial charge in [0, 0.05) is 5.41 Å². The van der Waals surface area contributed by atoms with E-state index in [-0.39, 0.29) is 16.8 Å². The molecule has 2 heteroatoms. The number of carbonyl (C=O) groups is 1. The average Bonchev–Trinajstić information content (AvgIpc) is 3.84. The zero-order chi connectivity index (χ0) is 28.8. The first kappa shape index (κ1) is 27.5. The minimum atomic E-state index is -0.229. The monoisotopic (exact) mass is 564 g/mol. The molecule has 0 heterocycles. The first-order chi connectivity index (χ1) is 20.4. The Morgan fingerprint density at radius 3 is 2.00 bits per heavy atom. The van der Waals surface area contributed by atoms with Gasteiger partial charge in [0.25, 0.3) is 0 Å². The van der Waals surface area contributed by atoms with Crippen LogP contribution in [0.5, 0.6) is 0 Å². The number of ether oxygens (including phenoxy) is 1. The Kier molecular flexibility index (Phi) is 6.51. The summed E-state index contributed by atoms with van der Waals surface area (Å²) in [6.45, 7) is 7.10. The van der Waals surface area contributed by atoms with Crippen LogP contribution >= 0.6 is 0 Å². The van der Waals surface area contributed by atoms with Gasteiger partial charge in [-0.1, -0.05) is 94.5 Å². The van der Waals surface area contributed by atoms with E-state index in [1.807, 2.05) is 0 Å². The van der Waals surface area contributed by atoms with Crippen LogP contribution in [0, 0.1) is 64.6 Å². The molecule has 0 radical (unpaired) electrons. The first-order valence-corrected chi connectivity index (χ1v) is 17.7. The average molecular weight is 565 g/mol. The molecule has 224 valence electrons. The maximum Gasteiger partial charge on any atom is 0.311 e. The van der Waals surface area contributed by atoms with Gasteiger partial charge >= 0.3 is 5.97 Å². The number of rotatable bonds is 7. The number of hydrogen-bond acceptors (Lipinski definition) is 2. The third-order valence-corrected chi connectivity index (χ3v) is 14.8. The van der Waals surface area contributed by atoms with E-state index in [1.54, 1.807) is 18.2 Å². The highest BCUT2D eigenvalue weighted by atomic mass is 16.5. The summed E-state index contributed by atoms with van der Waals surface area (Å²) in [6, 6.07) is 18.8. The zero-order valence-electron chi connectivity index (χ0n) is 26.5. The fraction of sp³-hybridized carbons (Fsp3) is 0.675. The summed E-state index contributed by atoms with van der Waals surface area (Å²) in [4.78, 5) is 12.9. The number of methoxy groups -OCH3 is 1. The molecule has 5 saturated carbocycles. The van der Waals surface area contributed by atoms with Gasteiger partial charge in [-0.05, 0) is 127 Å². The number of carbonyl (C=O) groups excluding carboxylic acids is 1. The van der Waals surface area contributed by atoms with Gasteiger partial charge in [0.1, 0.15) is 0 Å². The summed E-state index contributed by atoms with van der Waals surface area (Å²) in [5, 5.41) is 0. The van der Waals surface area contributed by atoms with Crippen LogP contribution < -0.4 is 0 Å². The summed E-state index contributed by atoms with van der Waals surface area (Å²) in [5.41, 5.74) is 6.30. The summed E-state index contributed by atoms with van der Waals surface area (Å²) >= 11 is 0. The van der Waals surface area contributed by atoms with Crippen LogP contribution in [0.3, 0.4) is 0 Å². The second-order valence-corrected chi connectivity index (χ2v) is 16.0. The van der Waals surface area contributed by atoms with E-state index in [1.165, 1.54) is 75.3 Å². The topological polar surface area (TPSA) is 26.3 Å². The molecule has 0 N–H and O–H groups in total. The van der Waals surface area contributed by atoms with Crippen molar-refractivity contribution in [2.45, 2.75) is 96.8 Å². The van der Waals surface area contributed by atoms with Crippen molar-refractivity contribution < 1.29 is 9.53 Å². The summed E-state index contributed by atoms with van der Waals surface area (Å²) in [7, 11) is 1.60. The molecule has 11 atom stereocenters. The molecule has 0 saturated heterocycles. The summed E-state index contributed by atoms with van der Waals surface area (Å²) in [5.74, 6) is 8.30. The lowest BCUT2D eigenvalue weighted by atomic mass is 9.63. The molecule has 6 aliphatic carbocycles. The van der Waals surface area contributed by atoms with E-state index in [9.17, 15) is 4.79 Å². The van der Waals surface area contributed by atoms with Crippen molar-refractivity contribution in [1.82, 2.24) is 0 Å². The SMILES string of the molecule is CCC1CC(CCC[C@@H]2C[C@H](CC)[C@H]3CC4(C[C@@H]23)c2ccccc2-c2ccccc24)C2C3CC(C12)C(C)(C(=O)OC)C3. The van der Waals surface area contributed by atoms with E-state index in [2.05, 4.69) is 69.3 Å². The summed E-state index contributed by atoms with van der Waals surface area (Å²) in [6.07, 6.45) is 14.9. The lowest BCUT2D eigenvalue weighted by Gasteiger charge is -2.41. The number of esters is 1. The Bertz CT molecular complexity index is 1310. The summed E-state index contributed by atoms with van der Waals surface area (Å²) < 4.78 is 5.34. The second kappa shape index (κ2) is 9.97. The quantitative estimate of drug-likeness (QED) is 0.313. The molecule has 0 amide bonds. The molecule has 2 bridgehead atoms. The van der Waals surface area contributed by atoms with Crippen LogP contribution in [0.4, 0.5) is 0 Å². The third kappa shape index (κ3) is 3.65. The Hall–Kier alpha value is -2.09. The first-order valence-electron chi connectivity index (χ1n) is 17.7. The van der Waals surface area contributed by atoms with Crippen LogP contribution in [0.2, 0.25) is 0 Å². The highest BCUT2D eigenvalue weighted by molar-refractivity contribution is 5.81. The molecular weight excluding hydrogens is 512 g/mol. The maximum absolute atomic E-state index is 12.9. The maximum atomic E-state index is 12.9. The van der Waals surface area contributed by atoms with Gasteiger partial charge in [0.05, 0.1) is 12.5 Å². The van der Waals surface area contributed by atoms with Crippen LogP contribution in [0.25, 0.3) is 11.1 Å². The predicted molar refractivity (Wildman–Crippen MR) is 170 cm³/mol. The predicted octanol–water partition coefficient (Wildman–Crippen LogP) is 9.69. The molecular formula is C40H52O2. The lowest BCUT2D eigenvalue weighted by molar-refractivity contribution is -0.157. The minimum absolute atomic E-state index is 0.0647. The van der Waals surface area contributed by atoms with E-state index in [4.69, 9.17) is 4.74 Å². The van der Waals surface area contributed by atoms with E-state index >= 15 is 0 Å². The van der Waals surface area contributed by atoms with Gasteiger partial charge < -0.3 is 4.74 Å². The number of fused-ring (bicyclic) bond motifs is 11. The van der Waals surface area contributed by atoms with E-state index < -0.39 is 0 Å². The molecule has 0 aliphatic heterocycles. The fourth-order valence-corrected chi connectivity index (χ4v) is 13.3. The number of benzene rings is 2. The standard InChI is InChI=1S/C40H52O2/c1-5-24-18-26(32-23-40(22-31(24)32)33-16-9-7-14-29(33)30-15-8-10-17-34(30)40)12-11-13-27-19-25(6-2)37-35-20-28(36(27)37)21-39(35,3)38(41)42-4/h7-10,14-17,24-28,31-32,35-37H,5-6,11-13,18-23H2,1-4H3/t24-,25?,26+,27?,28?,31+,32-,35?,36?,37?,39?/m0/s1. The molecule has 2 aromatic rings. The minimum Gasteiger partial charge on any atom is -0.469 e. The third-order valence-electron chi connectivity index (χ3n) is 14.8. The molecule has 1 spiro atoms. The normalized spacial score (nSPS) is 41.6. The Labute approximate surface area is 254 Å². The van der Waals surface area contributed by atoms with Gasteiger partial charge in [-0.2, -0.15) is 0 Å². The second-order valence-electron chi connectivity index (χ2n) is 16.0. The van der Waals surface area contributed by atoms with Crippen LogP contribution in [-0.2, 0) is 14.9 Å². The van der Waals surface area contributed by atoms with Gasteiger partial charge in [0.2, 0.25) is 0 Å². The van der Waals surface area contributed by atoms with Crippen LogP contribution in [0.1, 0.15) is 103 Å². The molecule has 8 rings (SSSR count). The van der Waals surface area contributed by atoms with Crippen LogP contribution in [0.15, 0.2) is 48.5 Å². The highest BCUT2D eigenvalue weighted by Gasteiger charge is 2.66. The largest absolute Gasteiger partial charge is 0.469 e. The molecule has 0 aromatic heterocycles. The molecule has 5 fully saturated rings. The van der Waals surface area contributed by atoms with Crippen LogP contribution in [-0.4, -0.2) is 13.1 Å². The van der Waals surface area contributed by atoms with Crippen molar-refractivity contribution in [3.05, 3.63) is 59.7 Å². The van der Waals surface area contributed by atoms with Gasteiger partial charge in [-0.15, -0.1) is 0 Å². The Balaban J connectivity index is 0.983. The van der Waals surface area contributed by atoms with Gasteiger partial charge in [-0.25, -0.2) is 0 Å². The Morgan fingerprint density at radius 2 is 1.36 bits per heavy atom. The van der Waals surface area contributed by atoms with Crippen molar-refractivity contribution in [2.24, 2.45) is 64.6 Å². The Morgan fingerprint density at radius 1 is 0.762 bits per heavy atom. The highest BCUT2D eigenvalue weighted by Crippen LogP contribution is 2.70. The van der Waals surface area contributed by atoms with Crippen molar-refractivity contribution in [3.63, 3.8) is 0 Å². The van der Waals surface area contributed by atoms with E-state index in [0.29, 0.717) is 5.92 Å². The molecule has 2 aromatic carbocycles. The van der Waals surface area contributed by atoms with Crippen molar-refractivity contribution in [3.8, 4) is 11.1 Å². The van der Waals surface area contributed by atoms with Crippen molar-refractivity contribution >= 4 is 5.97 Å². The van der Waals surface area contributed by atoms with Crippen molar-refractivity contribution in [1.29, 1.82) is 0 Å². The molecule has 7 unspecified atom stereocenters. The lowest BCUT2D eigenvalue weighted by Crippen LogP contribution is -2.42. The van der Waals surface area contributed by atoms with Crippen molar-refractivity contribution in [2.75, 3.05) is 7.11 Å². The molecule has 2 nitrogen and oxygen atoms in total. The van der Waals surface area contributed by atoms with Gasteiger partial charge in [0.15, 0.2) is 0 Å². The fourth-order valence-electron chi connectivity index (χ4n) is 13.3. The van der Waals surface area contributed by atoms with E-state index in [0.717, 1.165) is 59.7 Å². The molecule has 6 aliphatic rings. The smallest absolute Gasteiger partial charge is 0.311 e. The van der Waals surface area contributed by atoms with Gasteiger partial charge in [-0.3, -0.25) is 4.79 Å².